The van der Waals surface area contributed by atoms with Crippen molar-refractivity contribution in [2.24, 2.45) is 0 Å². The van der Waals surface area contributed by atoms with Crippen molar-refractivity contribution in [1.82, 2.24) is 0 Å². The molecule has 0 aliphatic heterocycles. The van der Waals surface area contributed by atoms with E-state index in [0.29, 0.717) is 0 Å². The highest BCUT2D eigenvalue weighted by atomic mass is 16.5. The predicted molar refractivity (Wildman–Crippen MR) is 142 cm³/mol. The summed E-state index contributed by atoms with van der Waals surface area (Å²) in [4.78, 5) is 76.2. The highest BCUT2D eigenvalue weighted by molar-refractivity contribution is 6.18. The molecular formula is C28H16O14. The van der Waals surface area contributed by atoms with Crippen molar-refractivity contribution >= 4 is 56.9 Å². The first-order valence-corrected chi connectivity index (χ1v) is 11.7. The molecule has 3 aromatic carbocycles. The van der Waals surface area contributed by atoms with Crippen LogP contribution in [0.2, 0.25) is 0 Å². The lowest BCUT2D eigenvalue weighted by atomic mass is 9.88. The van der Waals surface area contributed by atoms with E-state index in [1.54, 1.807) is 0 Å². The van der Waals surface area contributed by atoms with Crippen LogP contribution >= 0.6 is 0 Å². The number of hydrogen-bond donors (Lipinski definition) is 5. The Morgan fingerprint density at radius 3 is 2.07 bits per heavy atom. The first-order chi connectivity index (χ1) is 19.8. The normalized spacial score (nSPS) is 11.2. The summed E-state index contributed by atoms with van der Waals surface area (Å²) in [5.74, 6) is -8.00. The van der Waals surface area contributed by atoms with Crippen molar-refractivity contribution in [3.63, 3.8) is 0 Å². The maximum absolute atomic E-state index is 13.7. The van der Waals surface area contributed by atoms with Gasteiger partial charge < -0.3 is 39.1 Å². The van der Waals surface area contributed by atoms with Crippen LogP contribution in [0.15, 0.2) is 42.9 Å². The fourth-order valence-corrected chi connectivity index (χ4v) is 4.79. The number of phenols is 4. The fourth-order valence-electron chi connectivity index (χ4n) is 4.79. The van der Waals surface area contributed by atoms with Crippen LogP contribution < -0.4 is 15.6 Å². The van der Waals surface area contributed by atoms with E-state index in [4.69, 9.17) is 8.83 Å². The number of carboxylic acid groups (broad SMARTS) is 1. The van der Waals surface area contributed by atoms with Crippen molar-refractivity contribution < 1.29 is 58.3 Å². The standard InChI is InChI=1S/C28H16O14/c1-8(30)10-3-11-22(34)20-16(5-14(33)25(37)27(20)41-7-29)42-26(11)17(9(2)31)18(10)12-6-40-15-4-13(32)24(36)21(28(38)39)19(15)23(12)35/h3-7,32-33,36-37H,1-2H3,(H,38,39). The van der Waals surface area contributed by atoms with Crippen LogP contribution in [0.25, 0.3) is 44.0 Å². The van der Waals surface area contributed by atoms with Gasteiger partial charge in [-0.05, 0) is 19.9 Å². The molecule has 14 heteroatoms. The number of carbonyl (C=O) groups excluding carboxylic acids is 3. The number of ketones is 2. The van der Waals surface area contributed by atoms with Crippen LogP contribution in [0, 0.1) is 0 Å². The monoisotopic (exact) mass is 576 g/mol. The van der Waals surface area contributed by atoms with Crippen molar-refractivity contribution in [2.75, 3.05) is 0 Å². The largest absolute Gasteiger partial charge is 0.504 e. The number of fused-ring (bicyclic) bond motifs is 3. The van der Waals surface area contributed by atoms with Gasteiger partial charge in [-0.3, -0.25) is 24.0 Å². The van der Waals surface area contributed by atoms with Gasteiger partial charge >= 0.3 is 5.97 Å². The van der Waals surface area contributed by atoms with Gasteiger partial charge in [0.15, 0.2) is 34.6 Å². The number of Topliss-reactive ketones (excluding diaryl/α,β-unsaturated/α-hetero) is 2. The SMILES string of the molecule is CC(=O)c1cc2c(=O)c3c(OC=O)c(O)c(O)cc3oc2c(C(C)=O)c1-c1coc2cc(O)c(O)c(C(=O)O)c2c1=O. The molecule has 0 atom stereocenters. The zero-order valence-corrected chi connectivity index (χ0v) is 21.3. The molecule has 5 rings (SSSR count). The molecule has 5 N–H and O–H groups in total. The van der Waals surface area contributed by atoms with Gasteiger partial charge in [-0.25, -0.2) is 4.79 Å². The van der Waals surface area contributed by atoms with E-state index in [0.717, 1.165) is 38.3 Å². The first-order valence-electron chi connectivity index (χ1n) is 11.7. The van der Waals surface area contributed by atoms with Gasteiger partial charge in [0, 0.05) is 23.3 Å². The van der Waals surface area contributed by atoms with Gasteiger partial charge in [0.1, 0.15) is 34.0 Å². The Morgan fingerprint density at radius 2 is 1.48 bits per heavy atom. The average Bonchev–Trinajstić information content (AvgIpc) is 2.91. The maximum atomic E-state index is 13.7. The smallest absolute Gasteiger partial charge is 0.340 e. The van der Waals surface area contributed by atoms with Crippen LogP contribution in [0.4, 0.5) is 0 Å². The fraction of sp³-hybridized carbons (Fsp3) is 0.0714. The summed E-state index contributed by atoms with van der Waals surface area (Å²) >= 11 is 0. The molecule has 0 aliphatic rings. The molecule has 0 bridgehead atoms. The van der Waals surface area contributed by atoms with E-state index in [-0.39, 0.29) is 12.0 Å². The van der Waals surface area contributed by atoms with E-state index < -0.39 is 112 Å². The molecule has 212 valence electrons. The minimum absolute atomic E-state index is 0.120. The number of carboxylic acids is 1. The van der Waals surface area contributed by atoms with E-state index in [1.807, 2.05) is 0 Å². The van der Waals surface area contributed by atoms with Crippen LogP contribution in [-0.4, -0.2) is 49.5 Å². The third kappa shape index (κ3) is 3.81. The zero-order valence-electron chi connectivity index (χ0n) is 21.3. The number of ether oxygens (including phenoxy) is 1. The number of aromatic hydroxyl groups is 4. The van der Waals surface area contributed by atoms with Gasteiger partial charge in [0.25, 0.3) is 6.47 Å². The van der Waals surface area contributed by atoms with Crippen LogP contribution in [0.5, 0.6) is 28.7 Å². The molecule has 0 spiro atoms. The van der Waals surface area contributed by atoms with Crippen molar-refractivity contribution in [1.29, 1.82) is 0 Å². The Labute approximate surface area is 230 Å². The average molecular weight is 576 g/mol. The molecule has 0 radical (unpaired) electrons. The molecule has 2 aromatic heterocycles. The highest BCUT2D eigenvalue weighted by Crippen LogP contribution is 2.43. The summed E-state index contributed by atoms with van der Waals surface area (Å²) in [5.41, 5.74) is -6.32. The third-order valence-corrected chi connectivity index (χ3v) is 6.56. The van der Waals surface area contributed by atoms with Crippen molar-refractivity contribution in [3.05, 3.63) is 61.6 Å². The molecule has 0 fully saturated rings. The Kier molecular flexibility index (Phi) is 6.18. The molecule has 0 saturated heterocycles. The van der Waals surface area contributed by atoms with E-state index >= 15 is 0 Å². The van der Waals surface area contributed by atoms with Gasteiger partial charge in [-0.2, -0.15) is 0 Å². The summed E-state index contributed by atoms with van der Waals surface area (Å²) < 4.78 is 15.8. The summed E-state index contributed by atoms with van der Waals surface area (Å²) in [6.45, 7) is 1.96. The number of rotatable bonds is 6. The lowest BCUT2D eigenvalue weighted by Gasteiger charge is -2.16. The first kappa shape index (κ1) is 27.4. The number of carbonyl (C=O) groups is 4. The van der Waals surface area contributed by atoms with Crippen LogP contribution in [0.3, 0.4) is 0 Å². The number of benzene rings is 3. The molecule has 0 amide bonds. The summed E-state index contributed by atoms with van der Waals surface area (Å²) in [7, 11) is 0. The quantitative estimate of drug-likeness (QED) is 0.0844. The number of hydrogen-bond acceptors (Lipinski definition) is 13. The van der Waals surface area contributed by atoms with E-state index in [2.05, 4.69) is 4.74 Å². The van der Waals surface area contributed by atoms with Crippen LogP contribution in [0.1, 0.15) is 44.9 Å². The summed E-state index contributed by atoms with van der Waals surface area (Å²) in [5, 5.41) is 48.4. The molecule has 0 aliphatic carbocycles. The van der Waals surface area contributed by atoms with E-state index in [9.17, 15) is 54.3 Å². The topological polar surface area (TPSA) is 239 Å². The van der Waals surface area contributed by atoms with Crippen molar-refractivity contribution in [2.45, 2.75) is 13.8 Å². The predicted octanol–water partition coefficient (Wildman–Crippen LogP) is 3.18. The highest BCUT2D eigenvalue weighted by Gasteiger charge is 2.30. The molecule has 2 heterocycles. The van der Waals surface area contributed by atoms with E-state index in [1.165, 1.54) is 0 Å². The molecule has 42 heavy (non-hydrogen) atoms. The Balaban J connectivity index is 2.04. The molecule has 14 nitrogen and oxygen atoms in total. The maximum Gasteiger partial charge on any atom is 0.340 e. The lowest BCUT2D eigenvalue weighted by molar-refractivity contribution is -0.120. The van der Waals surface area contributed by atoms with Gasteiger partial charge in [-0.15, -0.1) is 0 Å². The second-order valence-corrected chi connectivity index (χ2v) is 9.03. The number of aromatic carboxylic acids is 1. The number of phenolic OH excluding ortho intramolecular Hbond substituents is 3. The molecular weight excluding hydrogens is 560 g/mol. The molecule has 5 aromatic rings. The second kappa shape index (κ2) is 9.48. The lowest BCUT2D eigenvalue weighted by Crippen LogP contribution is -2.16. The minimum Gasteiger partial charge on any atom is -0.504 e. The Morgan fingerprint density at radius 1 is 0.833 bits per heavy atom. The molecule has 0 unspecified atom stereocenters. The van der Waals surface area contributed by atoms with Gasteiger partial charge in [0.2, 0.25) is 16.6 Å². The van der Waals surface area contributed by atoms with Gasteiger partial charge in [-0.1, -0.05) is 0 Å². The summed E-state index contributed by atoms with van der Waals surface area (Å²) in [6.07, 6.45) is 0.797. The van der Waals surface area contributed by atoms with Gasteiger partial charge in [0.05, 0.1) is 21.9 Å². The molecule has 0 saturated carbocycles. The Bertz CT molecular complexity index is 2200. The Hall–Kier alpha value is -6.18. The zero-order chi connectivity index (χ0) is 30.8. The minimum atomic E-state index is -1.80. The van der Waals surface area contributed by atoms with Crippen LogP contribution in [-0.2, 0) is 4.79 Å². The van der Waals surface area contributed by atoms with Crippen molar-refractivity contribution in [3.8, 4) is 39.9 Å². The third-order valence-electron chi connectivity index (χ3n) is 6.56. The second-order valence-electron chi connectivity index (χ2n) is 9.03. The summed E-state index contributed by atoms with van der Waals surface area (Å²) in [6, 6.07) is 2.59.